The van der Waals surface area contributed by atoms with Gasteiger partial charge in [-0.25, -0.2) is 0 Å². The highest BCUT2D eigenvalue weighted by atomic mass is 35.5. The van der Waals surface area contributed by atoms with Crippen molar-refractivity contribution in [2.75, 3.05) is 0 Å². The number of halogens is 1. The van der Waals surface area contributed by atoms with Gasteiger partial charge < -0.3 is 0 Å². The lowest BCUT2D eigenvalue weighted by Crippen LogP contribution is -2.02. The first-order valence-corrected chi connectivity index (χ1v) is 6.33. The van der Waals surface area contributed by atoms with Crippen molar-refractivity contribution in [3.63, 3.8) is 0 Å². The molecule has 1 aromatic carbocycles. The van der Waals surface area contributed by atoms with Crippen molar-refractivity contribution in [2.45, 2.75) is 26.8 Å². The highest BCUT2D eigenvalue weighted by molar-refractivity contribution is 6.35. The van der Waals surface area contributed by atoms with Crippen LogP contribution >= 0.6 is 11.6 Å². The summed E-state index contributed by atoms with van der Waals surface area (Å²) in [5, 5.41) is 4.68. The van der Waals surface area contributed by atoms with Gasteiger partial charge in [-0.3, -0.25) is 9.48 Å². The van der Waals surface area contributed by atoms with Crippen molar-refractivity contribution in [3.05, 3.63) is 52.3 Å². The topological polar surface area (TPSA) is 34.9 Å². The smallest absolute Gasteiger partial charge is 0.197 e. The molecule has 4 heteroatoms. The SMILES string of the molecule is CCCn1cc(C(=O)c2cccc(C)c2Cl)cn1. The van der Waals surface area contributed by atoms with Gasteiger partial charge in [-0.2, -0.15) is 5.10 Å². The highest BCUT2D eigenvalue weighted by Gasteiger charge is 2.15. The molecule has 0 amide bonds. The van der Waals surface area contributed by atoms with Gasteiger partial charge in [0.25, 0.3) is 0 Å². The van der Waals surface area contributed by atoms with Crippen LogP contribution in [0, 0.1) is 6.92 Å². The van der Waals surface area contributed by atoms with E-state index in [0.717, 1.165) is 18.5 Å². The molecule has 0 saturated carbocycles. The summed E-state index contributed by atoms with van der Waals surface area (Å²) in [5.41, 5.74) is 2.02. The predicted molar refractivity (Wildman–Crippen MR) is 72.1 cm³/mol. The van der Waals surface area contributed by atoms with Gasteiger partial charge in [0, 0.05) is 18.3 Å². The van der Waals surface area contributed by atoms with E-state index in [-0.39, 0.29) is 5.78 Å². The Kier molecular flexibility index (Phi) is 3.82. The molecule has 0 aliphatic carbocycles. The van der Waals surface area contributed by atoms with Crippen LogP contribution in [0.1, 0.15) is 34.8 Å². The molecule has 0 fully saturated rings. The van der Waals surface area contributed by atoms with Crippen molar-refractivity contribution >= 4 is 17.4 Å². The van der Waals surface area contributed by atoms with Crippen LogP contribution in [0.4, 0.5) is 0 Å². The average Bonchev–Trinajstić information content (AvgIpc) is 2.81. The molecule has 0 unspecified atom stereocenters. The first-order chi connectivity index (χ1) is 8.63. The summed E-state index contributed by atoms with van der Waals surface area (Å²) >= 11 is 6.16. The Morgan fingerprint density at radius 2 is 2.22 bits per heavy atom. The van der Waals surface area contributed by atoms with Gasteiger partial charge in [0.2, 0.25) is 0 Å². The number of ketones is 1. The normalized spacial score (nSPS) is 10.6. The second-order valence-corrected chi connectivity index (χ2v) is 4.64. The van der Waals surface area contributed by atoms with Gasteiger partial charge in [0.15, 0.2) is 5.78 Å². The maximum atomic E-state index is 12.3. The van der Waals surface area contributed by atoms with E-state index in [4.69, 9.17) is 11.6 Å². The zero-order chi connectivity index (χ0) is 13.1. The fourth-order valence-corrected chi connectivity index (χ4v) is 2.02. The first kappa shape index (κ1) is 12.8. The van der Waals surface area contributed by atoms with Crippen LogP contribution in [0.2, 0.25) is 5.02 Å². The molecule has 0 aliphatic heterocycles. The molecule has 0 aliphatic rings. The molecule has 0 saturated heterocycles. The van der Waals surface area contributed by atoms with Crippen molar-refractivity contribution in [2.24, 2.45) is 0 Å². The molecular weight excluding hydrogens is 248 g/mol. The van der Waals surface area contributed by atoms with Crippen molar-refractivity contribution in [1.82, 2.24) is 9.78 Å². The largest absolute Gasteiger partial charge is 0.288 e. The molecule has 1 heterocycles. The highest BCUT2D eigenvalue weighted by Crippen LogP contribution is 2.22. The molecule has 2 rings (SSSR count). The molecule has 18 heavy (non-hydrogen) atoms. The van der Waals surface area contributed by atoms with E-state index in [1.54, 1.807) is 23.1 Å². The lowest BCUT2D eigenvalue weighted by molar-refractivity contribution is 0.103. The molecule has 0 N–H and O–H groups in total. The van der Waals surface area contributed by atoms with Gasteiger partial charge in [-0.1, -0.05) is 30.7 Å². The molecule has 94 valence electrons. The van der Waals surface area contributed by atoms with E-state index >= 15 is 0 Å². The number of nitrogens with zero attached hydrogens (tertiary/aromatic N) is 2. The van der Waals surface area contributed by atoms with Crippen molar-refractivity contribution in [1.29, 1.82) is 0 Å². The van der Waals surface area contributed by atoms with E-state index < -0.39 is 0 Å². The van der Waals surface area contributed by atoms with Gasteiger partial charge in [-0.05, 0) is 25.0 Å². The van der Waals surface area contributed by atoms with Gasteiger partial charge in [0.1, 0.15) is 0 Å². The van der Waals surface area contributed by atoms with E-state index in [2.05, 4.69) is 12.0 Å². The van der Waals surface area contributed by atoms with Gasteiger partial charge in [-0.15, -0.1) is 0 Å². The minimum absolute atomic E-state index is 0.0777. The molecule has 0 spiro atoms. The molecule has 0 radical (unpaired) electrons. The van der Waals surface area contributed by atoms with Crippen LogP contribution in [0.5, 0.6) is 0 Å². The van der Waals surface area contributed by atoms with Crippen LogP contribution in [-0.4, -0.2) is 15.6 Å². The molecular formula is C14H15ClN2O. The van der Waals surface area contributed by atoms with E-state index in [1.807, 2.05) is 19.1 Å². The lowest BCUT2D eigenvalue weighted by atomic mass is 10.0. The number of hydrogen-bond donors (Lipinski definition) is 0. The monoisotopic (exact) mass is 262 g/mol. The summed E-state index contributed by atoms with van der Waals surface area (Å²) in [6.45, 7) is 4.77. The summed E-state index contributed by atoms with van der Waals surface area (Å²) in [5.74, 6) is -0.0777. The minimum atomic E-state index is -0.0777. The Morgan fingerprint density at radius 3 is 2.94 bits per heavy atom. The third-order valence-electron chi connectivity index (χ3n) is 2.78. The quantitative estimate of drug-likeness (QED) is 0.791. The predicted octanol–water partition coefficient (Wildman–Crippen LogP) is 3.49. The minimum Gasteiger partial charge on any atom is -0.288 e. The summed E-state index contributed by atoms with van der Waals surface area (Å²) in [6.07, 6.45) is 4.35. The maximum absolute atomic E-state index is 12.3. The van der Waals surface area contributed by atoms with E-state index in [9.17, 15) is 4.79 Å². The third-order valence-corrected chi connectivity index (χ3v) is 3.29. The zero-order valence-electron chi connectivity index (χ0n) is 10.5. The number of aromatic nitrogens is 2. The van der Waals surface area contributed by atoms with Crippen LogP contribution in [0.25, 0.3) is 0 Å². The van der Waals surface area contributed by atoms with E-state index in [0.29, 0.717) is 16.1 Å². The molecule has 2 aromatic rings. The van der Waals surface area contributed by atoms with Gasteiger partial charge in [0.05, 0.1) is 16.8 Å². The molecule has 0 bridgehead atoms. The number of aryl methyl sites for hydroxylation is 2. The molecule has 1 aromatic heterocycles. The Bertz CT molecular complexity index is 575. The number of rotatable bonds is 4. The third kappa shape index (κ3) is 2.46. The Labute approximate surface area is 111 Å². The van der Waals surface area contributed by atoms with Gasteiger partial charge >= 0.3 is 0 Å². The molecule has 3 nitrogen and oxygen atoms in total. The summed E-state index contributed by atoms with van der Waals surface area (Å²) < 4.78 is 1.77. The Morgan fingerprint density at radius 1 is 1.44 bits per heavy atom. The average molecular weight is 263 g/mol. The van der Waals surface area contributed by atoms with Crippen molar-refractivity contribution in [3.8, 4) is 0 Å². The number of carbonyl (C=O) groups is 1. The van der Waals surface area contributed by atoms with Crippen LogP contribution in [0.3, 0.4) is 0 Å². The van der Waals surface area contributed by atoms with Crippen LogP contribution in [0.15, 0.2) is 30.6 Å². The zero-order valence-corrected chi connectivity index (χ0v) is 11.2. The van der Waals surface area contributed by atoms with Crippen LogP contribution in [-0.2, 0) is 6.54 Å². The summed E-state index contributed by atoms with van der Waals surface area (Å²) in [4.78, 5) is 12.3. The second kappa shape index (κ2) is 5.36. The standard InChI is InChI=1S/C14H15ClN2O/c1-3-7-17-9-11(8-16-17)14(18)12-6-4-5-10(2)13(12)15/h4-6,8-9H,3,7H2,1-2H3. The lowest BCUT2D eigenvalue weighted by Gasteiger charge is -2.04. The first-order valence-electron chi connectivity index (χ1n) is 5.95. The summed E-state index contributed by atoms with van der Waals surface area (Å²) in [6, 6.07) is 5.47. The van der Waals surface area contributed by atoms with Crippen LogP contribution < -0.4 is 0 Å². The fourth-order valence-electron chi connectivity index (χ4n) is 1.81. The summed E-state index contributed by atoms with van der Waals surface area (Å²) in [7, 11) is 0. The Balaban J connectivity index is 2.32. The Hall–Kier alpha value is -1.61. The maximum Gasteiger partial charge on any atom is 0.197 e. The van der Waals surface area contributed by atoms with Crippen molar-refractivity contribution < 1.29 is 4.79 Å². The number of hydrogen-bond acceptors (Lipinski definition) is 2. The van der Waals surface area contributed by atoms with E-state index in [1.165, 1.54) is 0 Å². The number of carbonyl (C=O) groups excluding carboxylic acids is 1. The second-order valence-electron chi connectivity index (χ2n) is 4.26. The molecule has 0 atom stereocenters. The number of benzene rings is 1. The fraction of sp³-hybridized carbons (Fsp3) is 0.286.